The second-order valence-electron chi connectivity index (χ2n) is 7.04. The first-order valence-electron chi connectivity index (χ1n) is 7.66. The van der Waals surface area contributed by atoms with E-state index in [1.807, 2.05) is 0 Å². The maximum absolute atomic E-state index is 10.4. The lowest BCUT2D eigenvalue weighted by Crippen LogP contribution is -2.12. The summed E-state index contributed by atoms with van der Waals surface area (Å²) in [5.74, 6) is 0.768. The van der Waals surface area contributed by atoms with Crippen LogP contribution in [-0.2, 0) is 11.8 Å². The van der Waals surface area contributed by atoms with Gasteiger partial charge in [0.05, 0.1) is 16.8 Å². The number of hydrogen-bond acceptors (Lipinski definition) is 3. The zero-order chi connectivity index (χ0) is 15.0. The number of aliphatic hydroxyl groups is 1. The highest BCUT2D eigenvalue weighted by molar-refractivity contribution is 7.09. The van der Waals surface area contributed by atoms with Gasteiger partial charge in [-0.15, -0.1) is 11.3 Å². The Kier molecular flexibility index (Phi) is 3.89. The minimum Gasteiger partial charge on any atom is -0.388 e. The summed E-state index contributed by atoms with van der Waals surface area (Å²) in [4.78, 5) is 4.66. The molecule has 1 unspecified atom stereocenters. The van der Waals surface area contributed by atoms with Gasteiger partial charge in [0.2, 0.25) is 0 Å². The van der Waals surface area contributed by atoms with E-state index in [0.29, 0.717) is 6.42 Å². The molecule has 2 aromatic rings. The van der Waals surface area contributed by atoms with E-state index in [4.69, 9.17) is 0 Å². The third-order valence-electron chi connectivity index (χ3n) is 4.06. The topological polar surface area (TPSA) is 33.1 Å². The van der Waals surface area contributed by atoms with Crippen LogP contribution in [0.15, 0.2) is 29.6 Å². The molecule has 112 valence electrons. The number of rotatable bonds is 4. The first-order valence-corrected chi connectivity index (χ1v) is 8.54. The largest absolute Gasteiger partial charge is 0.388 e. The molecular formula is C18H23NOS. The molecule has 1 atom stereocenters. The van der Waals surface area contributed by atoms with Gasteiger partial charge >= 0.3 is 0 Å². The van der Waals surface area contributed by atoms with Gasteiger partial charge in [0, 0.05) is 17.2 Å². The third kappa shape index (κ3) is 3.53. The molecular weight excluding hydrogens is 278 g/mol. The Bertz CT molecular complexity index is 605. The summed E-state index contributed by atoms with van der Waals surface area (Å²) in [5, 5.41) is 13.5. The Morgan fingerprint density at radius 1 is 1.24 bits per heavy atom. The van der Waals surface area contributed by atoms with Crippen molar-refractivity contribution >= 4 is 11.3 Å². The molecule has 3 heteroatoms. The van der Waals surface area contributed by atoms with Crippen molar-refractivity contribution in [3.05, 3.63) is 51.5 Å². The van der Waals surface area contributed by atoms with Crippen molar-refractivity contribution in [1.82, 2.24) is 4.98 Å². The first-order chi connectivity index (χ1) is 9.93. The minimum absolute atomic E-state index is 0.0750. The molecule has 1 heterocycles. The van der Waals surface area contributed by atoms with Gasteiger partial charge in [-0.3, -0.25) is 0 Å². The number of aromatic nitrogens is 1. The predicted molar refractivity (Wildman–Crippen MR) is 87.9 cm³/mol. The van der Waals surface area contributed by atoms with E-state index in [9.17, 15) is 5.11 Å². The monoisotopic (exact) mass is 301 g/mol. The summed E-state index contributed by atoms with van der Waals surface area (Å²) >= 11 is 1.65. The van der Waals surface area contributed by atoms with Crippen LogP contribution in [0.3, 0.4) is 0 Å². The summed E-state index contributed by atoms with van der Waals surface area (Å²) in [6.07, 6.45) is 2.77. The van der Waals surface area contributed by atoms with E-state index < -0.39 is 6.10 Å². The second kappa shape index (κ2) is 5.54. The second-order valence-corrected chi connectivity index (χ2v) is 7.98. The molecule has 0 amide bonds. The van der Waals surface area contributed by atoms with Crippen LogP contribution >= 0.6 is 11.3 Å². The van der Waals surface area contributed by atoms with Crippen LogP contribution in [0.5, 0.6) is 0 Å². The molecule has 0 aliphatic heterocycles. The van der Waals surface area contributed by atoms with Crippen molar-refractivity contribution in [1.29, 1.82) is 0 Å². The summed E-state index contributed by atoms with van der Waals surface area (Å²) < 4.78 is 0. The van der Waals surface area contributed by atoms with Gasteiger partial charge in [-0.25, -0.2) is 4.98 Å². The van der Waals surface area contributed by atoms with Gasteiger partial charge in [0.15, 0.2) is 0 Å². The molecule has 1 aromatic heterocycles. The zero-order valence-electron chi connectivity index (χ0n) is 13.0. The van der Waals surface area contributed by atoms with E-state index in [0.717, 1.165) is 22.2 Å². The Morgan fingerprint density at radius 2 is 1.90 bits per heavy atom. The van der Waals surface area contributed by atoms with E-state index >= 15 is 0 Å². The number of hydrogen-bond donors (Lipinski definition) is 1. The fourth-order valence-electron chi connectivity index (χ4n) is 2.44. The fourth-order valence-corrected chi connectivity index (χ4v) is 3.50. The molecule has 1 N–H and O–H groups in total. The predicted octanol–water partition coefficient (Wildman–Crippen LogP) is 4.59. The number of nitrogens with zero attached hydrogens (tertiary/aromatic N) is 1. The maximum Gasteiger partial charge on any atom is 0.0957 e. The van der Waals surface area contributed by atoms with E-state index in [1.165, 1.54) is 18.4 Å². The molecule has 2 nitrogen and oxygen atoms in total. The molecule has 3 rings (SSSR count). The van der Waals surface area contributed by atoms with Crippen LogP contribution in [0.1, 0.15) is 67.5 Å². The van der Waals surface area contributed by atoms with Crippen LogP contribution < -0.4 is 0 Å². The SMILES string of the molecule is CC(C)(C)c1csc(CC(O)c2ccc(C3CC3)cc2)n1. The lowest BCUT2D eigenvalue weighted by Gasteiger charge is -2.14. The average Bonchev–Trinajstić information content (AvgIpc) is 3.17. The van der Waals surface area contributed by atoms with Gasteiger partial charge in [-0.2, -0.15) is 0 Å². The minimum atomic E-state index is -0.461. The van der Waals surface area contributed by atoms with Gasteiger partial charge in [0.25, 0.3) is 0 Å². The molecule has 21 heavy (non-hydrogen) atoms. The molecule has 1 aliphatic carbocycles. The normalized spacial score (nSPS) is 17.0. The average molecular weight is 301 g/mol. The molecule has 0 bridgehead atoms. The molecule has 1 aromatic carbocycles. The molecule has 1 fully saturated rings. The summed E-state index contributed by atoms with van der Waals surface area (Å²) in [6, 6.07) is 8.46. The number of thiazole rings is 1. The van der Waals surface area contributed by atoms with E-state index in [2.05, 4.69) is 55.4 Å². The smallest absolute Gasteiger partial charge is 0.0957 e. The quantitative estimate of drug-likeness (QED) is 0.895. The summed E-state index contributed by atoms with van der Waals surface area (Å²) in [5.41, 5.74) is 3.59. The fraction of sp³-hybridized carbons (Fsp3) is 0.500. The van der Waals surface area contributed by atoms with Crippen LogP contribution in [0.4, 0.5) is 0 Å². The van der Waals surface area contributed by atoms with E-state index in [-0.39, 0.29) is 5.41 Å². The van der Waals surface area contributed by atoms with Gasteiger partial charge < -0.3 is 5.11 Å². The third-order valence-corrected chi connectivity index (χ3v) is 4.93. The standard InChI is InChI=1S/C18H23NOS/c1-18(2,3)16-11-21-17(19-16)10-15(20)14-8-6-13(7-9-14)12-4-5-12/h6-9,11-12,15,20H,4-5,10H2,1-3H3. The molecule has 0 saturated heterocycles. The Hall–Kier alpha value is -1.19. The van der Waals surface area contributed by atoms with Crippen molar-refractivity contribution in [2.75, 3.05) is 0 Å². The van der Waals surface area contributed by atoms with Crippen molar-refractivity contribution in [3.8, 4) is 0 Å². The van der Waals surface area contributed by atoms with Crippen molar-refractivity contribution in [3.63, 3.8) is 0 Å². The van der Waals surface area contributed by atoms with Gasteiger partial charge in [0.1, 0.15) is 0 Å². The number of aliphatic hydroxyl groups excluding tert-OH is 1. The highest BCUT2D eigenvalue weighted by atomic mass is 32.1. The first kappa shape index (κ1) is 14.7. The van der Waals surface area contributed by atoms with Crippen molar-refractivity contribution in [2.45, 2.75) is 57.5 Å². The van der Waals surface area contributed by atoms with Gasteiger partial charge in [-0.05, 0) is 29.9 Å². The summed E-state index contributed by atoms with van der Waals surface area (Å²) in [7, 11) is 0. The van der Waals surface area contributed by atoms with Crippen LogP contribution in [0, 0.1) is 0 Å². The van der Waals surface area contributed by atoms with Crippen LogP contribution in [0.25, 0.3) is 0 Å². The van der Waals surface area contributed by atoms with Crippen LogP contribution in [-0.4, -0.2) is 10.1 Å². The molecule has 0 spiro atoms. The molecule has 0 radical (unpaired) electrons. The molecule has 1 saturated carbocycles. The molecule has 1 aliphatic rings. The Morgan fingerprint density at radius 3 is 2.43 bits per heavy atom. The zero-order valence-corrected chi connectivity index (χ0v) is 13.8. The Labute approximate surface area is 130 Å². The summed E-state index contributed by atoms with van der Waals surface area (Å²) in [6.45, 7) is 6.50. The van der Waals surface area contributed by atoms with Gasteiger partial charge in [-0.1, -0.05) is 45.0 Å². The maximum atomic E-state index is 10.4. The van der Waals surface area contributed by atoms with Crippen molar-refractivity contribution < 1.29 is 5.11 Å². The number of benzene rings is 1. The Balaban J connectivity index is 1.67. The highest BCUT2D eigenvalue weighted by Gasteiger charge is 2.23. The van der Waals surface area contributed by atoms with E-state index in [1.54, 1.807) is 11.3 Å². The van der Waals surface area contributed by atoms with Crippen molar-refractivity contribution in [2.24, 2.45) is 0 Å². The highest BCUT2D eigenvalue weighted by Crippen LogP contribution is 2.40. The lowest BCUT2D eigenvalue weighted by atomic mass is 9.93. The lowest BCUT2D eigenvalue weighted by molar-refractivity contribution is 0.178. The van der Waals surface area contributed by atoms with Crippen LogP contribution in [0.2, 0.25) is 0 Å².